The van der Waals surface area contributed by atoms with E-state index in [4.69, 9.17) is 5.73 Å². The first kappa shape index (κ1) is 20.1. The van der Waals surface area contributed by atoms with Crippen LogP contribution in [0.4, 0.5) is 5.69 Å². The highest BCUT2D eigenvalue weighted by Crippen LogP contribution is 2.24. The molecule has 1 aliphatic carbocycles. The Morgan fingerprint density at radius 2 is 2.00 bits per heavy atom. The molecule has 1 unspecified atom stereocenters. The van der Waals surface area contributed by atoms with Gasteiger partial charge in [-0.15, -0.1) is 12.4 Å². The molecule has 1 aromatic rings. The van der Waals surface area contributed by atoms with Crippen molar-refractivity contribution in [1.82, 2.24) is 0 Å². The van der Waals surface area contributed by atoms with Gasteiger partial charge >= 0.3 is 0 Å². The molecule has 0 radical (unpaired) electrons. The average Bonchev–Trinajstić information content (AvgIpc) is 2.54. The fourth-order valence-corrected chi connectivity index (χ4v) is 4.44. The maximum atomic E-state index is 12.5. The minimum atomic E-state index is -0.812. The molecule has 1 saturated carbocycles. The lowest BCUT2D eigenvalue weighted by atomic mass is 10.0. The van der Waals surface area contributed by atoms with Gasteiger partial charge in [0.2, 0.25) is 5.91 Å². The van der Waals surface area contributed by atoms with Gasteiger partial charge in [0.15, 0.2) is 0 Å². The zero-order chi connectivity index (χ0) is 15.8. The smallest absolute Gasteiger partial charge is 0.224 e. The first-order chi connectivity index (χ1) is 10.7. The largest absolute Gasteiger partial charge is 0.330 e. The van der Waals surface area contributed by atoms with Crippen molar-refractivity contribution in [2.24, 2.45) is 5.73 Å². The fraction of sp³-hybridized carbons (Fsp3) is 0.588. The fourth-order valence-electron chi connectivity index (χ4n) is 2.84. The van der Waals surface area contributed by atoms with Crippen molar-refractivity contribution in [2.45, 2.75) is 55.9 Å². The summed E-state index contributed by atoms with van der Waals surface area (Å²) in [4.78, 5) is 11.7. The maximum absolute atomic E-state index is 12.5. The van der Waals surface area contributed by atoms with Crippen LogP contribution in [0.3, 0.4) is 0 Å². The van der Waals surface area contributed by atoms with Crippen LogP contribution in [0.5, 0.6) is 0 Å². The second kappa shape index (κ2) is 10.8. The van der Waals surface area contributed by atoms with Crippen molar-refractivity contribution in [3.8, 4) is 0 Å². The van der Waals surface area contributed by atoms with Crippen molar-refractivity contribution in [1.29, 1.82) is 0 Å². The standard InChI is InChI=1S/C17H26N2O2S.ClH/c18-11-5-10-17(20)19-15-7-4-6-14(12-15)13-22(21)16-8-2-1-3-9-16;/h4,6-7,12,16H,1-3,5,8-11,13,18H2,(H,19,20);1H. The monoisotopic (exact) mass is 358 g/mol. The van der Waals surface area contributed by atoms with Gasteiger partial charge in [-0.1, -0.05) is 31.4 Å². The number of carbonyl (C=O) groups excluding carboxylic acids is 1. The number of carbonyl (C=O) groups is 1. The Bertz CT molecular complexity index is 519. The van der Waals surface area contributed by atoms with E-state index in [1.165, 1.54) is 19.3 Å². The van der Waals surface area contributed by atoms with Gasteiger partial charge in [-0.05, 0) is 43.5 Å². The molecule has 1 aliphatic rings. The summed E-state index contributed by atoms with van der Waals surface area (Å²) >= 11 is 0. The van der Waals surface area contributed by atoms with E-state index in [9.17, 15) is 9.00 Å². The first-order valence-corrected chi connectivity index (χ1v) is 9.53. The van der Waals surface area contributed by atoms with E-state index in [0.29, 0.717) is 30.4 Å². The number of hydrogen-bond donors (Lipinski definition) is 2. The Kier molecular flexibility index (Phi) is 9.44. The second-order valence-corrected chi connectivity index (χ2v) is 7.64. The Morgan fingerprint density at radius 1 is 1.26 bits per heavy atom. The summed E-state index contributed by atoms with van der Waals surface area (Å²) in [6.45, 7) is 0.522. The maximum Gasteiger partial charge on any atom is 0.224 e. The minimum Gasteiger partial charge on any atom is -0.330 e. The number of hydrogen-bond acceptors (Lipinski definition) is 3. The number of anilines is 1. The van der Waals surface area contributed by atoms with Crippen molar-refractivity contribution in [2.75, 3.05) is 11.9 Å². The highest BCUT2D eigenvalue weighted by molar-refractivity contribution is 7.84. The molecular weight excluding hydrogens is 332 g/mol. The van der Waals surface area contributed by atoms with E-state index in [-0.39, 0.29) is 18.3 Å². The second-order valence-electron chi connectivity index (χ2n) is 5.93. The third-order valence-corrected chi connectivity index (χ3v) is 5.88. The predicted molar refractivity (Wildman–Crippen MR) is 99.3 cm³/mol. The van der Waals surface area contributed by atoms with E-state index in [1.54, 1.807) is 0 Å². The number of benzene rings is 1. The van der Waals surface area contributed by atoms with E-state index in [0.717, 1.165) is 24.1 Å². The van der Waals surface area contributed by atoms with Gasteiger partial charge in [0, 0.05) is 33.9 Å². The molecule has 0 spiro atoms. The van der Waals surface area contributed by atoms with Gasteiger partial charge in [0.25, 0.3) is 0 Å². The van der Waals surface area contributed by atoms with Crippen LogP contribution in [0, 0.1) is 0 Å². The zero-order valence-electron chi connectivity index (χ0n) is 13.5. The third kappa shape index (κ3) is 7.02. The summed E-state index contributed by atoms with van der Waals surface area (Å²) in [6.07, 6.45) is 6.98. The van der Waals surface area contributed by atoms with Crippen LogP contribution in [-0.4, -0.2) is 21.9 Å². The van der Waals surface area contributed by atoms with E-state index in [2.05, 4.69) is 5.32 Å². The summed E-state index contributed by atoms with van der Waals surface area (Å²) in [6, 6.07) is 7.69. The summed E-state index contributed by atoms with van der Waals surface area (Å²) in [5.41, 5.74) is 7.21. The molecule has 0 saturated heterocycles. The molecule has 0 aromatic heterocycles. The predicted octanol–water partition coefficient (Wildman–Crippen LogP) is 3.37. The quantitative estimate of drug-likeness (QED) is 0.784. The first-order valence-electron chi connectivity index (χ1n) is 8.15. The molecule has 1 amide bonds. The minimum absolute atomic E-state index is 0. The third-order valence-electron chi connectivity index (χ3n) is 4.05. The lowest BCUT2D eigenvalue weighted by Gasteiger charge is -2.21. The Hall–Kier alpha value is -0.910. The Balaban J connectivity index is 0.00000264. The van der Waals surface area contributed by atoms with Crippen LogP contribution in [0.2, 0.25) is 0 Å². The Morgan fingerprint density at radius 3 is 2.70 bits per heavy atom. The van der Waals surface area contributed by atoms with Crippen LogP contribution in [0.25, 0.3) is 0 Å². The van der Waals surface area contributed by atoms with Crippen molar-refractivity contribution < 1.29 is 9.00 Å². The highest BCUT2D eigenvalue weighted by atomic mass is 35.5. The average molecular weight is 359 g/mol. The van der Waals surface area contributed by atoms with Crippen molar-refractivity contribution in [3.05, 3.63) is 29.8 Å². The molecule has 1 aromatic carbocycles. The number of amides is 1. The topological polar surface area (TPSA) is 72.2 Å². The summed E-state index contributed by atoms with van der Waals surface area (Å²) in [5.74, 6) is 0.563. The molecule has 3 N–H and O–H groups in total. The molecule has 0 bridgehead atoms. The van der Waals surface area contributed by atoms with E-state index < -0.39 is 10.8 Å². The SMILES string of the molecule is Cl.NCCCC(=O)Nc1cccc(CS(=O)C2CCCCC2)c1. The number of rotatable bonds is 7. The van der Waals surface area contributed by atoms with Crippen LogP contribution in [0.15, 0.2) is 24.3 Å². The highest BCUT2D eigenvalue weighted by Gasteiger charge is 2.19. The van der Waals surface area contributed by atoms with Gasteiger partial charge in [0.1, 0.15) is 0 Å². The van der Waals surface area contributed by atoms with Crippen molar-refractivity contribution in [3.63, 3.8) is 0 Å². The van der Waals surface area contributed by atoms with Crippen LogP contribution in [0.1, 0.15) is 50.5 Å². The summed E-state index contributed by atoms with van der Waals surface area (Å²) in [7, 11) is -0.812. The molecule has 130 valence electrons. The van der Waals surface area contributed by atoms with Gasteiger partial charge in [-0.3, -0.25) is 9.00 Å². The molecule has 1 fully saturated rings. The lowest BCUT2D eigenvalue weighted by Crippen LogP contribution is -2.20. The van der Waals surface area contributed by atoms with Gasteiger partial charge < -0.3 is 11.1 Å². The van der Waals surface area contributed by atoms with Crippen LogP contribution in [-0.2, 0) is 21.3 Å². The summed E-state index contributed by atoms with van der Waals surface area (Å²) < 4.78 is 12.5. The number of nitrogens with two attached hydrogens (primary N) is 1. The molecule has 6 heteroatoms. The molecule has 4 nitrogen and oxygen atoms in total. The van der Waals surface area contributed by atoms with Gasteiger partial charge in [-0.2, -0.15) is 0 Å². The molecule has 1 atom stereocenters. The number of nitrogens with one attached hydrogen (secondary N) is 1. The van der Waals surface area contributed by atoms with Crippen LogP contribution < -0.4 is 11.1 Å². The lowest BCUT2D eigenvalue weighted by molar-refractivity contribution is -0.116. The molecular formula is C17H27ClN2O2S. The van der Waals surface area contributed by atoms with Crippen molar-refractivity contribution >= 4 is 34.8 Å². The van der Waals surface area contributed by atoms with E-state index >= 15 is 0 Å². The zero-order valence-corrected chi connectivity index (χ0v) is 15.1. The molecule has 0 heterocycles. The Labute approximate surface area is 147 Å². The normalized spacial score (nSPS) is 16.4. The van der Waals surface area contributed by atoms with Crippen LogP contribution >= 0.6 is 12.4 Å². The summed E-state index contributed by atoms with van der Waals surface area (Å²) in [5, 5.41) is 3.22. The number of halogens is 1. The molecule has 23 heavy (non-hydrogen) atoms. The van der Waals surface area contributed by atoms with Gasteiger partial charge in [0.05, 0.1) is 0 Å². The van der Waals surface area contributed by atoms with Gasteiger partial charge in [-0.25, -0.2) is 0 Å². The molecule has 0 aliphatic heterocycles. The van der Waals surface area contributed by atoms with E-state index in [1.807, 2.05) is 24.3 Å². The molecule has 2 rings (SSSR count).